The average molecular weight is 490 g/mol. The molecule has 0 saturated carbocycles. The van der Waals surface area contributed by atoms with E-state index in [2.05, 4.69) is 10.6 Å². The minimum Gasteiger partial charge on any atom is -0.481 e. The van der Waals surface area contributed by atoms with Crippen molar-refractivity contribution >= 4 is 28.0 Å². The van der Waals surface area contributed by atoms with Crippen LogP contribution in [-0.4, -0.2) is 56.4 Å². The highest BCUT2D eigenvalue weighted by Crippen LogP contribution is 2.44. The average Bonchev–Trinajstić information content (AvgIpc) is 3.11. The van der Waals surface area contributed by atoms with E-state index >= 15 is 0 Å². The first-order valence-electron chi connectivity index (χ1n) is 10.8. The minimum absolute atomic E-state index is 0.00516. The van der Waals surface area contributed by atoms with Crippen LogP contribution >= 0.6 is 0 Å². The van der Waals surface area contributed by atoms with Crippen molar-refractivity contribution in [3.63, 3.8) is 0 Å². The van der Waals surface area contributed by atoms with Crippen LogP contribution in [0.25, 0.3) is 11.1 Å². The summed E-state index contributed by atoms with van der Waals surface area (Å²) in [5.41, 5.74) is 4.22. The predicted molar refractivity (Wildman–Crippen MR) is 124 cm³/mol. The molecule has 2 aromatic carbocycles. The predicted octanol–water partition coefficient (Wildman–Crippen LogP) is 1.55. The molecular weight excluding hydrogens is 462 g/mol. The summed E-state index contributed by atoms with van der Waals surface area (Å²) in [6, 6.07) is 14.5. The molecule has 0 spiro atoms. The fourth-order valence-corrected chi connectivity index (χ4v) is 4.47. The number of benzene rings is 2. The summed E-state index contributed by atoms with van der Waals surface area (Å²) >= 11 is 0. The Bertz CT molecular complexity index is 1120. The number of rotatable bonds is 11. The minimum atomic E-state index is -3.66. The third-order valence-corrected chi connectivity index (χ3v) is 6.36. The number of nitrogens with two attached hydrogens (primary N) is 1. The van der Waals surface area contributed by atoms with Crippen LogP contribution in [0.5, 0.6) is 0 Å². The van der Waals surface area contributed by atoms with Crippen molar-refractivity contribution in [2.24, 2.45) is 5.14 Å². The van der Waals surface area contributed by atoms with Gasteiger partial charge in [0.15, 0.2) is 0 Å². The zero-order chi connectivity index (χ0) is 24.7. The van der Waals surface area contributed by atoms with Gasteiger partial charge >= 0.3 is 12.1 Å². The second-order valence-corrected chi connectivity index (χ2v) is 9.70. The van der Waals surface area contributed by atoms with Gasteiger partial charge in [0.2, 0.25) is 15.9 Å². The summed E-state index contributed by atoms with van der Waals surface area (Å²) in [5.74, 6) is -2.24. The smallest absolute Gasteiger partial charge is 0.407 e. The largest absolute Gasteiger partial charge is 0.481 e. The Balaban J connectivity index is 1.60. The molecule has 0 bridgehead atoms. The first kappa shape index (κ1) is 25.2. The van der Waals surface area contributed by atoms with Gasteiger partial charge in [-0.2, -0.15) is 0 Å². The Labute approximate surface area is 197 Å². The fraction of sp³-hybridized carbons (Fsp3) is 0.348. The number of hydrogen-bond donors (Lipinski definition) is 4. The molecular formula is C23H27N3O7S. The van der Waals surface area contributed by atoms with E-state index in [9.17, 15) is 22.8 Å². The maximum atomic E-state index is 12.5. The fourth-order valence-electron chi connectivity index (χ4n) is 3.93. The van der Waals surface area contributed by atoms with Crippen molar-refractivity contribution < 1.29 is 32.6 Å². The first-order valence-corrected chi connectivity index (χ1v) is 12.5. The summed E-state index contributed by atoms with van der Waals surface area (Å²) in [7, 11) is -3.66. The molecule has 5 N–H and O–H groups in total. The molecule has 10 nitrogen and oxygen atoms in total. The molecule has 1 aliphatic carbocycles. The Morgan fingerprint density at radius 2 is 1.62 bits per heavy atom. The van der Waals surface area contributed by atoms with Gasteiger partial charge in [-0.3, -0.25) is 9.59 Å². The lowest BCUT2D eigenvalue weighted by atomic mass is 9.98. The van der Waals surface area contributed by atoms with E-state index in [0.29, 0.717) is 0 Å². The second-order valence-electron chi connectivity index (χ2n) is 7.97. The lowest BCUT2D eigenvalue weighted by Gasteiger charge is -2.19. The van der Waals surface area contributed by atoms with Gasteiger partial charge in [-0.25, -0.2) is 18.4 Å². The Morgan fingerprint density at radius 3 is 2.18 bits per heavy atom. The van der Waals surface area contributed by atoms with Crippen LogP contribution in [0.15, 0.2) is 48.5 Å². The van der Waals surface area contributed by atoms with E-state index in [0.717, 1.165) is 22.3 Å². The summed E-state index contributed by atoms with van der Waals surface area (Å²) in [6.45, 7) is 0.0483. The van der Waals surface area contributed by atoms with Gasteiger partial charge in [-0.1, -0.05) is 48.5 Å². The maximum Gasteiger partial charge on any atom is 0.407 e. The highest BCUT2D eigenvalue weighted by molar-refractivity contribution is 7.89. The molecule has 182 valence electrons. The molecule has 3 rings (SSSR count). The van der Waals surface area contributed by atoms with Crippen LogP contribution in [-0.2, 0) is 24.3 Å². The number of sulfonamides is 1. The summed E-state index contributed by atoms with van der Waals surface area (Å²) in [6.07, 6.45) is -1.27. The van der Waals surface area contributed by atoms with Gasteiger partial charge in [0.25, 0.3) is 0 Å². The van der Waals surface area contributed by atoms with Gasteiger partial charge in [-0.15, -0.1) is 0 Å². The van der Waals surface area contributed by atoms with Crippen LogP contribution in [0.1, 0.15) is 36.3 Å². The molecule has 0 fully saturated rings. The van der Waals surface area contributed by atoms with E-state index in [1.54, 1.807) is 0 Å². The molecule has 1 unspecified atom stereocenters. The molecule has 0 aromatic heterocycles. The van der Waals surface area contributed by atoms with Crippen molar-refractivity contribution in [1.29, 1.82) is 0 Å². The number of amides is 2. The van der Waals surface area contributed by atoms with E-state index < -0.39 is 34.0 Å². The zero-order valence-corrected chi connectivity index (χ0v) is 19.2. The number of carbonyl (C=O) groups is 3. The van der Waals surface area contributed by atoms with Crippen molar-refractivity contribution in [2.45, 2.75) is 31.2 Å². The van der Waals surface area contributed by atoms with E-state index in [1.165, 1.54) is 0 Å². The number of alkyl carbamates (subject to hydrolysis) is 1. The zero-order valence-electron chi connectivity index (χ0n) is 18.4. The highest BCUT2D eigenvalue weighted by atomic mass is 32.2. The van der Waals surface area contributed by atoms with Crippen LogP contribution in [0.4, 0.5) is 4.79 Å². The van der Waals surface area contributed by atoms with E-state index in [-0.39, 0.29) is 44.1 Å². The number of nitrogens with one attached hydrogen (secondary N) is 2. The molecule has 0 heterocycles. The lowest BCUT2D eigenvalue weighted by molar-refractivity contribution is -0.137. The third kappa shape index (κ3) is 6.78. The summed E-state index contributed by atoms with van der Waals surface area (Å²) < 4.78 is 27.4. The van der Waals surface area contributed by atoms with E-state index in [1.807, 2.05) is 48.5 Å². The van der Waals surface area contributed by atoms with Gasteiger partial charge in [0.1, 0.15) is 12.6 Å². The normalized spacial score (nSPS) is 13.4. The van der Waals surface area contributed by atoms with Crippen LogP contribution in [0, 0.1) is 0 Å². The monoisotopic (exact) mass is 489 g/mol. The molecule has 1 aliphatic rings. The molecule has 2 amide bonds. The van der Waals surface area contributed by atoms with Gasteiger partial charge in [-0.05, 0) is 35.1 Å². The first-order chi connectivity index (χ1) is 16.2. The number of primary sulfonamides is 1. The SMILES string of the molecule is NS(=O)(=O)CCCNC(=O)C(CCC(=O)O)NC(=O)OCC1c2ccccc2-c2ccccc21. The number of carboxylic acid groups (broad SMARTS) is 1. The standard InChI is InChI=1S/C23H27N3O7S/c24-34(31,32)13-5-12-25-22(29)20(10-11-21(27)28)26-23(30)33-14-19-17-8-3-1-6-15(17)16-7-2-4-9-18(16)19/h1-4,6-9,19-20H,5,10-14H2,(H,25,29)(H,26,30)(H,27,28)(H2,24,31,32). The molecule has 1 atom stereocenters. The van der Waals surface area contributed by atoms with E-state index in [4.69, 9.17) is 15.0 Å². The number of carboxylic acids is 1. The summed E-state index contributed by atoms with van der Waals surface area (Å²) in [4.78, 5) is 35.9. The molecule has 11 heteroatoms. The van der Waals surface area contributed by atoms with Crippen molar-refractivity contribution in [3.05, 3.63) is 59.7 Å². The third-order valence-electron chi connectivity index (χ3n) is 5.50. The highest BCUT2D eigenvalue weighted by Gasteiger charge is 2.30. The molecule has 2 aromatic rings. The van der Waals surface area contributed by atoms with Crippen molar-refractivity contribution in [1.82, 2.24) is 10.6 Å². The quantitative estimate of drug-likeness (QED) is 0.348. The van der Waals surface area contributed by atoms with Crippen LogP contribution < -0.4 is 15.8 Å². The molecule has 0 aliphatic heterocycles. The van der Waals surface area contributed by atoms with Crippen LogP contribution in [0.3, 0.4) is 0 Å². The maximum absolute atomic E-state index is 12.5. The summed E-state index contributed by atoms with van der Waals surface area (Å²) in [5, 5.41) is 18.8. The van der Waals surface area contributed by atoms with Gasteiger partial charge in [0, 0.05) is 18.9 Å². The number of carbonyl (C=O) groups excluding carboxylic acids is 2. The van der Waals surface area contributed by atoms with Gasteiger partial charge in [0.05, 0.1) is 5.75 Å². The Hall–Kier alpha value is -3.44. The van der Waals surface area contributed by atoms with Crippen molar-refractivity contribution in [3.8, 4) is 11.1 Å². The second kappa shape index (κ2) is 11.1. The molecule has 0 saturated heterocycles. The Kier molecular flexibility index (Phi) is 8.24. The Morgan fingerprint density at radius 1 is 1.03 bits per heavy atom. The lowest BCUT2D eigenvalue weighted by Crippen LogP contribution is -2.47. The number of aliphatic carboxylic acids is 1. The molecule has 0 radical (unpaired) electrons. The number of hydrogen-bond acceptors (Lipinski definition) is 6. The topological polar surface area (TPSA) is 165 Å². The number of ether oxygens (including phenoxy) is 1. The van der Waals surface area contributed by atoms with Crippen LogP contribution in [0.2, 0.25) is 0 Å². The molecule has 34 heavy (non-hydrogen) atoms. The van der Waals surface area contributed by atoms with Crippen molar-refractivity contribution in [2.75, 3.05) is 18.9 Å². The number of fused-ring (bicyclic) bond motifs is 3. The van der Waals surface area contributed by atoms with Gasteiger partial charge < -0.3 is 20.5 Å².